The van der Waals surface area contributed by atoms with E-state index in [0.717, 1.165) is 13.1 Å². The fourth-order valence-electron chi connectivity index (χ4n) is 2.09. The molecule has 0 aromatic heterocycles. The molecule has 4 nitrogen and oxygen atoms in total. The lowest BCUT2D eigenvalue weighted by molar-refractivity contribution is 0.237. The van der Waals surface area contributed by atoms with E-state index in [0.29, 0.717) is 17.9 Å². The highest BCUT2D eigenvalue weighted by Crippen LogP contribution is 2.41. The maximum atomic E-state index is 11.3. The second kappa shape index (κ2) is 3.18. The summed E-state index contributed by atoms with van der Waals surface area (Å²) in [7, 11) is 0. The molecule has 3 N–H and O–H groups in total. The molecule has 0 spiro atoms. The fourth-order valence-corrected chi connectivity index (χ4v) is 2.09. The largest absolute Gasteiger partial charge is 0.336 e. The van der Waals surface area contributed by atoms with Gasteiger partial charge in [0.2, 0.25) is 0 Å². The van der Waals surface area contributed by atoms with Crippen molar-refractivity contribution in [2.24, 2.45) is 11.8 Å². The predicted octanol–water partition coefficient (Wildman–Crippen LogP) is -0.0882. The molecule has 1 saturated heterocycles. The van der Waals surface area contributed by atoms with E-state index in [-0.39, 0.29) is 12.1 Å². The van der Waals surface area contributed by atoms with E-state index >= 15 is 0 Å². The van der Waals surface area contributed by atoms with Gasteiger partial charge in [-0.15, -0.1) is 0 Å². The molecule has 1 saturated carbocycles. The Hall–Kier alpha value is -0.770. The van der Waals surface area contributed by atoms with Crippen LogP contribution in [0.2, 0.25) is 0 Å². The van der Waals surface area contributed by atoms with Gasteiger partial charge in [0.05, 0.1) is 0 Å². The number of carbonyl (C=O) groups is 1. The Morgan fingerprint density at radius 3 is 2.54 bits per heavy atom. The molecular weight excluding hydrogens is 166 g/mol. The summed E-state index contributed by atoms with van der Waals surface area (Å²) in [6.07, 6.45) is 0. The zero-order valence-electron chi connectivity index (χ0n) is 8.13. The molecule has 2 rings (SSSR count). The summed E-state index contributed by atoms with van der Waals surface area (Å²) in [4.78, 5) is 11.3. The predicted molar refractivity (Wildman–Crippen MR) is 50.4 cm³/mol. The van der Waals surface area contributed by atoms with E-state index < -0.39 is 0 Å². The highest BCUT2D eigenvalue weighted by atomic mass is 16.2. The second-order valence-corrected chi connectivity index (χ2v) is 4.28. The van der Waals surface area contributed by atoms with Crippen LogP contribution >= 0.6 is 0 Å². The van der Waals surface area contributed by atoms with Crippen LogP contribution in [0.15, 0.2) is 0 Å². The third-order valence-electron chi connectivity index (χ3n) is 2.81. The first-order valence-electron chi connectivity index (χ1n) is 4.96. The lowest BCUT2D eigenvalue weighted by atomic mass is 10.4. The van der Waals surface area contributed by atoms with Gasteiger partial charge in [-0.2, -0.15) is 0 Å². The number of piperidine rings is 1. The number of nitrogens with one attached hydrogen (secondary N) is 3. The van der Waals surface area contributed by atoms with Crippen LogP contribution in [-0.4, -0.2) is 31.2 Å². The minimum absolute atomic E-state index is 0.0191. The molecular formula is C9H17N3O. The van der Waals surface area contributed by atoms with Gasteiger partial charge in [-0.1, -0.05) is 0 Å². The minimum atomic E-state index is -0.0191. The second-order valence-electron chi connectivity index (χ2n) is 4.28. The van der Waals surface area contributed by atoms with Crippen molar-refractivity contribution in [1.82, 2.24) is 16.0 Å². The van der Waals surface area contributed by atoms with Gasteiger partial charge < -0.3 is 16.0 Å². The van der Waals surface area contributed by atoms with Crippen molar-refractivity contribution in [1.29, 1.82) is 0 Å². The third-order valence-corrected chi connectivity index (χ3v) is 2.81. The summed E-state index contributed by atoms with van der Waals surface area (Å²) in [5, 5.41) is 9.12. The summed E-state index contributed by atoms with van der Waals surface area (Å²) in [5.41, 5.74) is 0. The van der Waals surface area contributed by atoms with Crippen LogP contribution in [0, 0.1) is 11.8 Å². The Labute approximate surface area is 78.5 Å². The standard InChI is InChI=1S/C9H17N3O/c1-5(2)11-9(13)12-8-6-3-10-4-7(6)8/h5-8,10H,3-4H2,1-2H3,(H2,11,12,13). The monoisotopic (exact) mass is 183 g/mol. The smallest absolute Gasteiger partial charge is 0.315 e. The molecule has 1 heterocycles. The minimum Gasteiger partial charge on any atom is -0.336 e. The molecule has 0 aromatic rings. The molecule has 0 bridgehead atoms. The molecule has 0 radical (unpaired) electrons. The Balaban J connectivity index is 1.71. The topological polar surface area (TPSA) is 53.2 Å². The molecule has 2 atom stereocenters. The Kier molecular flexibility index (Phi) is 2.15. The van der Waals surface area contributed by atoms with Gasteiger partial charge in [0, 0.05) is 25.2 Å². The molecule has 13 heavy (non-hydrogen) atoms. The van der Waals surface area contributed by atoms with Crippen LogP contribution < -0.4 is 16.0 Å². The molecule has 74 valence electrons. The van der Waals surface area contributed by atoms with E-state index in [2.05, 4.69) is 16.0 Å². The first-order chi connectivity index (χ1) is 6.18. The van der Waals surface area contributed by atoms with E-state index in [9.17, 15) is 4.79 Å². The van der Waals surface area contributed by atoms with Crippen molar-refractivity contribution in [3.8, 4) is 0 Å². The molecule has 2 amide bonds. The third kappa shape index (κ3) is 1.77. The van der Waals surface area contributed by atoms with Crippen LogP contribution in [0.5, 0.6) is 0 Å². The zero-order valence-corrected chi connectivity index (χ0v) is 8.13. The van der Waals surface area contributed by atoms with Crippen LogP contribution in [0.1, 0.15) is 13.8 Å². The van der Waals surface area contributed by atoms with E-state index in [1.807, 2.05) is 13.8 Å². The molecule has 2 fully saturated rings. The SMILES string of the molecule is CC(C)NC(=O)NC1C2CNCC21. The van der Waals surface area contributed by atoms with Crippen molar-refractivity contribution < 1.29 is 4.79 Å². The van der Waals surface area contributed by atoms with Gasteiger partial charge in [0.25, 0.3) is 0 Å². The normalized spacial score (nSPS) is 35.8. The van der Waals surface area contributed by atoms with Crippen LogP contribution in [0.25, 0.3) is 0 Å². The van der Waals surface area contributed by atoms with Gasteiger partial charge in [-0.25, -0.2) is 4.79 Å². The maximum Gasteiger partial charge on any atom is 0.315 e. The number of rotatable bonds is 2. The lowest BCUT2D eigenvalue weighted by Gasteiger charge is -2.11. The summed E-state index contributed by atoms with van der Waals surface area (Å²) >= 11 is 0. The first kappa shape index (κ1) is 8.81. The first-order valence-corrected chi connectivity index (χ1v) is 4.96. The number of carbonyl (C=O) groups excluding carboxylic acids is 1. The van der Waals surface area contributed by atoms with Crippen molar-refractivity contribution in [3.05, 3.63) is 0 Å². The van der Waals surface area contributed by atoms with Crippen LogP contribution in [0.4, 0.5) is 4.79 Å². The molecule has 2 aliphatic rings. The zero-order chi connectivity index (χ0) is 9.42. The number of urea groups is 1. The van der Waals surface area contributed by atoms with Crippen LogP contribution in [0.3, 0.4) is 0 Å². The Bertz CT molecular complexity index is 207. The van der Waals surface area contributed by atoms with Crippen LogP contribution in [-0.2, 0) is 0 Å². The molecule has 1 aliphatic heterocycles. The summed E-state index contributed by atoms with van der Waals surface area (Å²) in [6, 6.07) is 0.631. The summed E-state index contributed by atoms with van der Waals surface area (Å²) in [5.74, 6) is 1.39. The Morgan fingerprint density at radius 1 is 1.38 bits per heavy atom. The fraction of sp³-hybridized carbons (Fsp3) is 0.889. The van der Waals surface area contributed by atoms with Gasteiger partial charge in [0.15, 0.2) is 0 Å². The highest BCUT2D eigenvalue weighted by Gasteiger charge is 2.53. The van der Waals surface area contributed by atoms with Gasteiger partial charge in [-0.05, 0) is 25.7 Å². The maximum absolute atomic E-state index is 11.3. The number of hydrogen-bond acceptors (Lipinski definition) is 2. The van der Waals surface area contributed by atoms with E-state index in [4.69, 9.17) is 0 Å². The average Bonchev–Trinajstić information content (AvgIpc) is 2.51. The van der Waals surface area contributed by atoms with Crippen molar-refractivity contribution >= 4 is 6.03 Å². The van der Waals surface area contributed by atoms with Crippen molar-refractivity contribution in [2.75, 3.05) is 13.1 Å². The van der Waals surface area contributed by atoms with Gasteiger partial charge in [-0.3, -0.25) is 0 Å². The van der Waals surface area contributed by atoms with Gasteiger partial charge >= 0.3 is 6.03 Å². The Morgan fingerprint density at radius 2 is 2.00 bits per heavy atom. The lowest BCUT2D eigenvalue weighted by Crippen LogP contribution is -2.42. The van der Waals surface area contributed by atoms with E-state index in [1.54, 1.807) is 0 Å². The molecule has 1 aliphatic carbocycles. The highest BCUT2D eigenvalue weighted by molar-refractivity contribution is 5.75. The van der Waals surface area contributed by atoms with Gasteiger partial charge in [0.1, 0.15) is 0 Å². The number of amides is 2. The molecule has 2 unspecified atom stereocenters. The van der Waals surface area contributed by atoms with Crippen molar-refractivity contribution in [3.63, 3.8) is 0 Å². The summed E-state index contributed by atoms with van der Waals surface area (Å²) in [6.45, 7) is 6.07. The van der Waals surface area contributed by atoms with Crippen molar-refractivity contribution in [2.45, 2.75) is 25.9 Å². The summed E-state index contributed by atoms with van der Waals surface area (Å²) < 4.78 is 0. The molecule has 4 heteroatoms. The van der Waals surface area contributed by atoms with E-state index in [1.165, 1.54) is 0 Å². The number of hydrogen-bond donors (Lipinski definition) is 3. The average molecular weight is 183 g/mol. The number of fused-ring (bicyclic) bond motifs is 1. The quantitative estimate of drug-likeness (QED) is 0.560. The molecule has 0 aromatic carbocycles.